The van der Waals surface area contributed by atoms with E-state index in [0.717, 1.165) is 24.4 Å². The predicted octanol–water partition coefficient (Wildman–Crippen LogP) is 2.75. The van der Waals surface area contributed by atoms with Crippen LogP contribution in [-0.2, 0) is 4.79 Å². The molecule has 0 aliphatic carbocycles. The average molecular weight is 348 g/mol. The molecule has 1 aromatic carbocycles. The molecule has 2 N–H and O–H groups in total. The maximum Gasteiger partial charge on any atom is 0.222 e. The molecular formula is C20H32N2O3. The number of likely N-dealkylation sites (tertiary alicyclic amines) is 1. The zero-order chi connectivity index (χ0) is 18.2. The molecule has 1 amide bonds. The number of nitrogens with zero attached hydrogens (tertiary/aromatic N) is 1. The number of para-hydroxylation sites is 1. The number of aliphatic hydroxyl groups excluding tert-OH is 1. The van der Waals surface area contributed by atoms with Gasteiger partial charge in [-0.1, -0.05) is 38.5 Å². The zero-order valence-electron chi connectivity index (χ0n) is 15.7. The van der Waals surface area contributed by atoms with Gasteiger partial charge in [0.05, 0.1) is 25.7 Å². The number of piperidine rings is 1. The fraction of sp³-hybridized carbons (Fsp3) is 0.650. The molecule has 0 aromatic heterocycles. The third-order valence-electron chi connectivity index (χ3n) is 4.99. The number of rotatable bonds is 8. The predicted molar refractivity (Wildman–Crippen MR) is 99.6 cm³/mol. The first-order valence-electron chi connectivity index (χ1n) is 9.34. The van der Waals surface area contributed by atoms with E-state index in [2.05, 4.69) is 16.3 Å². The van der Waals surface area contributed by atoms with Crippen molar-refractivity contribution < 1.29 is 14.6 Å². The Labute approximate surface area is 151 Å². The second-order valence-corrected chi connectivity index (χ2v) is 7.17. The maximum atomic E-state index is 12.2. The van der Waals surface area contributed by atoms with Crippen molar-refractivity contribution in [3.63, 3.8) is 0 Å². The Bertz CT molecular complexity index is 541. The van der Waals surface area contributed by atoms with E-state index in [-0.39, 0.29) is 24.3 Å². The second-order valence-electron chi connectivity index (χ2n) is 7.17. The highest BCUT2D eigenvalue weighted by atomic mass is 16.5. The summed E-state index contributed by atoms with van der Waals surface area (Å²) >= 11 is 0. The SMILES string of the molecule is COc1ccccc1C(CNC(=O)CC(O)C(C)C)N1CCCCC1. The average Bonchev–Trinajstić information content (AvgIpc) is 2.63. The van der Waals surface area contributed by atoms with Gasteiger partial charge in [0.1, 0.15) is 5.75 Å². The molecule has 0 saturated carbocycles. The highest BCUT2D eigenvalue weighted by molar-refractivity contribution is 5.76. The Kier molecular flexibility index (Phi) is 7.72. The monoisotopic (exact) mass is 348 g/mol. The molecule has 1 fully saturated rings. The van der Waals surface area contributed by atoms with Crippen LogP contribution in [0, 0.1) is 5.92 Å². The van der Waals surface area contributed by atoms with Gasteiger partial charge >= 0.3 is 0 Å². The van der Waals surface area contributed by atoms with Crippen LogP contribution in [0.25, 0.3) is 0 Å². The fourth-order valence-corrected chi connectivity index (χ4v) is 3.32. The summed E-state index contributed by atoms with van der Waals surface area (Å²) in [7, 11) is 1.68. The molecule has 0 spiro atoms. The number of methoxy groups -OCH3 is 1. The molecule has 1 aromatic rings. The van der Waals surface area contributed by atoms with Crippen LogP contribution in [0.2, 0.25) is 0 Å². The summed E-state index contributed by atoms with van der Waals surface area (Å²) in [5.74, 6) is 0.838. The van der Waals surface area contributed by atoms with E-state index in [0.29, 0.717) is 6.54 Å². The van der Waals surface area contributed by atoms with Gasteiger partial charge in [0.25, 0.3) is 0 Å². The summed E-state index contributed by atoms with van der Waals surface area (Å²) < 4.78 is 5.54. The molecule has 0 bridgehead atoms. The van der Waals surface area contributed by atoms with E-state index in [4.69, 9.17) is 4.74 Å². The number of ether oxygens (including phenoxy) is 1. The van der Waals surface area contributed by atoms with Crippen LogP contribution in [0.1, 0.15) is 51.1 Å². The van der Waals surface area contributed by atoms with Crippen molar-refractivity contribution in [1.29, 1.82) is 0 Å². The van der Waals surface area contributed by atoms with Crippen molar-refractivity contribution in [3.8, 4) is 5.75 Å². The largest absolute Gasteiger partial charge is 0.496 e. The Morgan fingerprint density at radius 1 is 1.24 bits per heavy atom. The normalized spacial score (nSPS) is 18.0. The second kappa shape index (κ2) is 9.78. The lowest BCUT2D eigenvalue weighted by molar-refractivity contribution is -0.123. The standard InChI is InChI=1S/C20H32N2O3/c1-15(2)18(23)13-20(24)21-14-17(22-11-7-4-8-12-22)16-9-5-6-10-19(16)25-3/h5-6,9-10,15,17-18,23H,4,7-8,11-14H2,1-3H3,(H,21,24). The quantitative estimate of drug-likeness (QED) is 0.758. The molecule has 2 rings (SSSR count). The number of carbonyl (C=O) groups is 1. The summed E-state index contributed by atoms with van der Waals surface area (Å²) in [6.45, 7) is 6.44. The summed E-state index contributed by atoms with van der Waals surface area (Å²) in [4.78, 5) is 14.6. The van der Waals surface area contributed by atoms with Crippen LogP contribution in [0.15, 0.2) is 24.3 Å². The summed E-state index contributed by atoms with van der Waals surface area (Å²) in [6, 6.07) is 8.12. The van der Waals surface area contributed by atoms with Crippen LogP contribution < -0.4 is 10.1 Å². The minimum atomic E-state index is -0.598. The van der Waals surface area contributed by atoms with Crippen LogP contribution in [0.4, 0.5) is 0 Å². The van der Waals surface area contributed by atoms with Crippen molar-refractivity contribution >= 4 is 5.91 Å². The third kappa shape index (κ3) is 5.72. The highest BCUT2D eigenvalue weighted by Gasteiger charge is 2.25. The van der Waals surface area contributed by atoms with Gasteiger partial charge in [-0.25, -0.2) is 0 Å². The van der Waals surface area contributed by atoms with Crippen molar-refractivity contribution in [1.82, 2.24) is 10.2 Å². The lowest BCUT2D eigenvalue weighted by atomic mass is 10.00. The van der Waals surface area contributed by atoms with Gasteiger partial charge in [-0.15, -0.1) is 0 Å². The number of benzene rings is 1. The maximum absolute atomic E-state index is 12.2. The van der Waals surface area contributed by atoms with Crippen molar-refractivity contribution in [3.05, 3.63) is 29.8 Å². The number of hydrogen-bond donors (Lipinski definition) is 2. The van der Waals surface area contributed by atoms with Crippen LogP contribution in [0.5, 0.6) is 5.75 Å². The van der Waals surface area contributed by atoms with Gasteiger partial charge in [-0.3, -0.25) is 9.69 Å². The van der Waals surface area contributed by atoms with Crippen molar-refractivity contribution in [2.75, 3.05) is 26.7 Å². The highest BCUT2D eigenvalue weighted by Crippen LogP contribution is 2.30. The zero-order valence-corrected chi connectivity index (χ0v) is 15.7. The van der Waals surface area contributed by atoms with E-state index in [1.165, 1.54) is 19.3 Å². The number of carbonyl (C=O) groups excluding carboxylic acids is 1. The Balaban J connectivity index is 2.08. The van der Waals surface area contributed by atoms with E-state index >= 15 is 0 Å². The van der Waals surface area contributed by atoms with Crippen molar-refractivity contribution in [2.45, 2.75) is 51.7 Å². The van der Waals surface area contributed by atoms with Crippen LogP contribution in [-0.4, -0.2) is 48.8 Å². The molecule has 0 radical (unpaired) electrons. The molecule has 140 valence electrons. The van der Waals surface area contributed by atoms with Crippen LogP contribution in [0.3, 0.4) is 0 Å². The van der Waals surface area contributed by atoms with E-state index < -0.39 is 6.10 Å². The Morgan fingerprint density at radius 3 is 2.56 bits per heavy atom. The summed E-state index contributed by atoms with van der Waals surface area (Å²) in [6.07, 6.45) is 3.19. The summed E-state index contributed by atoms with van der Waals surface area (Å²) in [5, 5.41) is 12.9. The molecule has 1 saturated heterocycles. The smallest absolute Gasteiger partial charge is 0.222 e. The van der Waals surface area contributed by atoms with E-state index in [1.54, 1.807) is 7.11 Å². The minimum absolute atomic E-state index is 0.0814. The lowest BCUT2D eigenvalue weighted by Crippen LogP contribution is -2.41. The van der Waals surface area contributed by atoms with Gasteiger partial charge < -0.3 is 15.2 Å². The van der Waals surface area contributed by atoms with Gasteiger partial charge in [0.2, 0.25) is 5.91 Å². The molecule has 1 aliphatic heterocycles. The van der Waals surface area contributed by atoms with E-state index in [1.807, 2.05) is 32.0 Å². The molecule has 5 heteroatoms. The van der Waals surface area contributed by atoms with Gasteiger partial charge in [0.15, 0.2) is 0 Å². The molecule has 5 nitrogen and oxygen atoms in total. The Morgan fingerprint density at radius 2 is 1.92 bits per heavy atom. The summed E-state index contributed by atoms with van der Waals surface area (Å²) in [5.41, 5.74) is 1.11. The molecule has 2 atom stereocenters. The molecule has 1 aliphatic rings. The van der Waals surface area contributed by atoms with Crippen molar-refractivity contribution in [2.24, 2.45) is 5.92 Å². The number of hydrogen-bond acceptors (Lipinski definition) is 4. The molecule has 1 heterocycles. The first kappa shape index (κ1) is 19.7. The van der Waals surface area contributed by atoms with Crippen LogP contribution >= 0.6 is 0 Å². The van der Waals surface area contributed by atoms with Gasteiger partial charge in [0, 0.05) is 12.1 Å². The number of amides is 1. The number of aliphatic hydroxyl groups is 1. The Hall–Kier alpha value is -1.59. The topological polar surface area (TPSA) is 61.8 Å². The molecule has 25 heavy (non-hydrogen) atoms. The molecule has 2 unspecified atom stereocenters. The van der Waals surface area contributed by atoms with E-state index in [9.17, 15) is 9.90 Å². The number of nitrogens with one attached hydrogen (secondary N) is 1. The van der Waals surface area contributed by atoms with Gasteiger partial charge in [-0.05, 0) is 37.9 Å². The third-order valence-corrected chi connectivity index (χ3v) is 4.99. The first-order valence-corrected chi connectivity index (χ1v) is 9.34. The minimum Gasteiger partial charge on any atom is -0.496 e. The fourth-order valence-electron chi connectivity index (χ4n) is 3.32. The van der Waals surface area contributed by atoms with Gasteiger partial charge in [-0.2, -0.15) is 0 Å². The molecular weight excluding hydrogens is 316 g/mol. The first-order chi connectivity index (χ1) is 12.0. The lowest BCUT2D eigenvalue weighted by Gasteiger charge is -2.35.